The molecule has 0 unspecified atom stereocenters. The number of nitrogens with two attached hydrogens (primary N) is 2. The van der Waals surface area contributed by atoms with E-state index in [1.165, 1.54) is 0 Å². The lowest BCUT2D eigenvalue weighted by Crippen LogP contribution is -2.21. The summed E-state index contributed by atoms with van der Waals surface area (Å²) < 4.78 is 0.566. The molecule has 0 spiro atoms. The van der Waals surface area contributed by atoms with E-state index in [1.54, 1.807) is 12.1 Å². The molecule has 0 aliphatic heterocycles. The van der Waals surface area contributed by atoms with Gasteiger partial charge in [-0.25, -0.2) is 0 Å². The van der Waals surface area contributed by atoms with Crippen LogP contribution >= 0.6 is 39.9 Å². The number of halogens is 3. The van der Waals surface area contributed by atoms with Gasteiger partial charge >= 0.3 is 0 Å². The van der Waals surface area contributed by atoms with Gasteiger partial charge in [0.1, 0.15) is 5.75 Å². The quantitative estimate of drug-likeness (QED) is 0.784. The molecule has 0 heterocycles. The first-order chi connectivity index (χ1) is 6.07. The maximum Gasteiger partial charge on any atom is 0.136 e. The van der Waals surface area contributed by atoms with Gasteiger partial charge in [0.2, 0.25) is 0 Å². The fourth-order valence-electron chi connectivity index (χ4n) is 1.03. The fourth-order valence-corrected chi connectivity index (χ4v) is 1.67. The van der Waals surface area contributed by atoms with Crippen LogP contribution in [0.3, 0.4) is 0 Å². The summed E-state index contributed by atoms with van der Waals surface area (Å²) in [4.78, 5) is 0. The van der Waals surface area contributed by atoms with Crippen molar-refractivity contribution in [2.24, 2.45) is 11.5 Å². The molecular formula is C8H11BrCl2N2O. The standard InChI is InChI=1S/C8H10BrClN2O.ClH/c9-4-1-2-5(10)7(8(4)13)6(12)3-11;/h1-2,6,13H,3,11-12H2;1H/t6-;/m0./s1. The number of phenolic OH excluding ortho intramolecular Hbond substituents is 1. The predicted molar refractivity (Wildman–Crippen MR) is 64.0 cm³/mol. The van der Waals surface area contributed by atoms with Crippen LogP contribution in [0.1, 0.15) is 11.6 Å². The van der Waals surface area contributed by atoms with Gasteiger partial charge < -0.3 is 16.6 Å². The van der Waals surface area contributed by atoms with Crippen LogP contribution in [-0.2, 0) is 0 Å². The van der Waals surface area contributed by atoms with Crippen LogP contribution in [0.4, 0.5) is 0 Å². The molecule has 0 aliphatic rings. The van der Waals surface area contributed by atoms with Gasteiger partial charge in [0.25, 0.3) is 0 Å². The van der Waals surface area contributed by atoms with Crippen molar-refractivity contribution in [2.45, 2.75) is 6.04 Å². The van der Waals surface area contributed by atoms with Crippen LogP contribution in [0.25, 0.3) is 0 Å². The topological polar surface area (TPSA) is 72.3 Å². The Morgan fingerprint density at radius 2 is 2.07 bits per heavy atom. The van der Waals surface area contributed by atoms with Gasteiger partial charge in [-0.05, 0) is 28.1 Å². The first-order valence-electron chi connectivity index (χ1n) is 3.70. The molecule has 6 heteroatoms. The van der Waals surface area contributed by atoms with Crippen molar-refractivity contribution in [3.63, 3.8) is 0 Å². The number of aromatic hydroxyl groups is 1. The van der Waals surface area contributed by atoms with E-state index < -0.39 is 6.04 Å². The Hall–Kier alpha value is -0.000000000000000111. The second-order valence-corrected chi connectivity index (χ2v) is 3.90. The lowest BCUT2D eigenvalue weighted by Gasteiger charge is -2.13. The van der Waals surface area contributed by atoms with Crippen LogP contribution in [0.5, 0.6) is 5.75 Å². The average Bonchev–Trinajstić information content (AvgIpc) is 2.12. The zero-order valence-electron chi connectivity index (χ0n) is 7.21. The zero-order chi connectivity index (χ0) is 10.0. The lowest BCUT2D eigenvalue weighted by molar-refractivity contribution is 0.458. The second kappa shape index (κ2) is 5.78. The Morgan fingerprint density at radius 1 is 1.50 bits per heavy atom. The molecular weight excluding hydrogens is 291 g/mol. The summed E-state index contributed by atoms with van der Waals surface area (Å²) in [5.74, 6) is 0.0606. The summed E-state index contributed by atoms with van der Waals surface area (Å²) in [5, 5.41) is 10.0. The molecule has 1 atom stereocenters. The Labute approximate surface area is 102 Å². The first kappa shape index (κ1) is 14.0. The largest absolute Gasteiger partial charge is 0.506 e. The van der Waals surface area contributed by atoms with Gasteiger partial charge in [0.15, 0.2) is 0 Å². The molecule has 14 heavy (non-hydrogen) atoms. The van der Waals surface area contributed by atoms with Crippen LogP contribution in [0, 0.1) is 0 Å². The number of hydrogen-bond donors (Lipinski definition) is 3. The van der Waals surface area contributed by atoms with E-state index in [0.29, 0.717) is 15.1 Å². The molecule has 0 bridgehead atoms. The molecule has 80 valence electrons. The van der Waals surface area contributed by atoms with E-state index in [0.717, 1.165) is 0 Å². The summed E-state index contributed by atoms with van der Waals surface area (Å²) in [7, 11) is 0. The van der Waals surface area contributed by atoms with E-state index in [-0.39, 0.29) is 24.7 Å². The van der Waals surface area contributed by atoms with Crippen LogP contribution < -0.4 is 11.5 Å². The molecule has 5 N–H and O–H groups in total. The maximum absolute atomic E-state index is 9.61. The highest BCUT2D eigenvalue weighted by atomic mass is 79.9. The van der Waals surface area contributed by atoms with Crippen molar-refractivity contribution in [1.82, 2.24) is 0 Å². The average molecular weight is 302 g/mol. The minimum absolute atomic E-state index is 0. The van der Waals surface area contributed by atoms with Gasteiger partial charge in [-0.3, -0.25) is 0 Å². The molecule has 3 nitrogen and oxygen atoms in total. The molecule has 1 aromatic rings. The summed E-state index contributed by atoms with van der Waals surface area (Å²) in [6, 6.07) is 2.88. The monoisotopic (exact) mass is 300 g/mol. The predicted octanol–water partition coefficient (Wildman–Crippen LogP) is 2.19. The third-order valence-electron chi connectivity index (χ3n) is 1.74. The minimum Gasteiger partial charge on any atom is -0.506 e. The third-order valence-corrected chi connectivity index (χ3v) is 2.71. The number of hydrogen-bond acceptors (Lipinski definition) is 3. The highest BCUT2D eigenvalue weighted by Gasteiger charge is 2.15. The smallest absolute Gasteiger partial charge is 0.136 e. The van der Waals surface area contributed by atoms with Crippen molar-refractivity contribution >= 4 is 39.9 Å². The maximum atomic E-state index is 9.61. The van der Waals surface area contributed by atoms with E-state index in [1.807, 2.05) is 0 Å². The molecule has 0 radical (unpaired) electrons. The van der Waals surface area contributed by atoms with E-state index in [4.69, 9.17) is 23.1 Å². The molecule has 0 saturated carbocycles. The van der Waals surface area contributed by atoms with Crippen molar-refractivity contribution in [3.8, 4) is 5.75 Å². The van der Waals surface area contributed by atoms with Crippen molar-refractivity contribution in [1.29, 1.82) is 0 Å². The van der Waals surface area contributed by atoms with Crippen molar-refractivity contribution in [3.05, 3.63) is 27.2 Å². The third kappa shape index (κ3) is 2.74. The molecule has 1 rings (SSSR count). The van der Waals surface area contributed by atoms with Crippen LogP contribution in [0.2, 0.25) is 5.02 Å². The summed E-state index contributed by atoms with van der Waals surface area (Å²) in [6.45, 7) is 0.240. The Balaban J connectivity index is 0.00000169. The second-order valence-electron chi connectivity index (χ2n) is 2.63. The number of phenols is 1. The summed E-state index contributed by atoms with van der Waals surface area (Å²) in [6.07, 6.45) is 0. The SMILES string of the molecule is Cl.NC[C@H](N)c1c(Cl)ccc(Br)c1O. The Bertz CT molecular complexity index is 322. The Kier molecular flexibility index (Phi) is 5.78. The molecule has 0 aliphatic carbocycles. The van der Waals surface area contributed by atoms with Crippen LogP contribution in [-0.4, -0.2) is 11.7 Å². The fraction of sp³-hybridized carbons (Fsp3) is 0.250. The van der Waals surface area contributed by atoms with Crippen molar-refractivity contribution < 1.29 is 5.11 Å². The highest BCUT2D eigenvalue weighted by Crippen LogP contribution is 2.35. The van der Waals surface area contributed by atoms with Gasteiger partial charge in [-0.15, -0.1) is 12.4 Å². The molecule has 0 saturated heterocycles. The first-order valence-corrected chi connectivity index (χ1v) is 4.87. The van der Waals surface area contributed by atoms with Gasteiger partial charge in [0.05, 0.1) is 4.47 Å². The van der Waals surface area contributed by atoms with E-state index in [2.05, 4.69) is 15.9 Å². The van der Waals surface area contributed by atoms with Gasteiger partial charge in [0, 0.05) is 23.2 Å². The minimum atomic E-state index is -0.440. The normalized spacial score (nSPS) is 12.0. The van der Waals surface area contributed by atoms with Gasteiger partial charge in [-0.1, -0.05) is 11.6 Å². The molecule has 1 aromatic carbocycles. The molecule has 0 amide bonds. The highest BCUT2D eigenvalue weighted by molar-refractivity contribution is 9.10. The summed E-state index contributed by atoms with van der Waals surface area (Å²) >= 11 is 9.03. The zero-order valence-corrected chi connectivity index (χ0v) is 10.4. The Morgan fingerprint density at radius 3 is 2.57 bits per heavy atom. The summed E-state index contributed by atoms with van der Waals surface area (Å²) in [5.41, 5.74) is 11.5. The van der Waals surface area contributed by atoms with E-state index >= 15 is 0 Å². The molecule has 0 aromatic heterocycles. The van der Waals surface area contributed by atoms with Gasteiger partial charge in [-0.2, -0.15) is 0 Å². The van der Waals surface area contributed by atoms with E-state index in [9.17, 15) is 5.11 Å². The van der Waals surface area contributed by atoms with Crippen molar-refractivity contribution in [2.75, 3.05) is 6.54 Å². The number of rotatable bonds is 2. The number of benzene rings is 1. The van der Waals surface area contributed by atoms with Crippen LogP contribution in [0.15, 0.2) is 16.6 Å². The lowest BCUT2D eigenvalue weighted by atomic mass is 10.1. The molecule has 0 fully saturated rings.